The summed E-state index contributed by atoms with van der Waals surface area (Å²) in [5, 5.41) is 5.11. The second-order valence-electron chi connectivity index (χ2n) is 7.06. The molecular formula is C22H20N4O2S. The summed E-state index contributed by atoms with van der Waals surface area (Å²) in [5.74, 6) is -0.000702. The van der Waals surface area contributed by atoms with Gasteiger partial charge in [0.1, 0.15) is 11.6 Å². The van der Waals surface area contributed by atoms with Gasteiger partial charge in [0, 0.05) is 19.3 Å². The molecule has 146 valence electrons. The Labute approximate surface area is 172 Å². The minimum atomic E-state index is -0.262. The Hall–Kier alpha value is -3.19. The third kappa shape index (κ3) is 3.61. The van der Waals surface area contributed by atoms with Crippen molar-refractivity contribution in [2.24, 2.45) is 0 Å². The van der Waals surface area contributed by atoms with Crippen LogP contribution in [0.4, 0.5) is 6.01 Å². The lowest BCUT2D eigenvalue weighted by molar-refractivity contribution is -0.122. The van der Waals surface area contributed by atoms with Crippen molar-refractivity contribution < 1.29 is 9.21 Å². The molecule has 1 N–H and O–H groups in total. The second kappa shape index (κ2) is 7.67. The molecule has 7 heteroatoms. The van der Waals surface area contributed by atoms with E-state index in [0.717, 1.165) is 46.6 Å². The molecule has 4 heterocycles. The number of hydrogen-bond donors (Lipinski definition) is 1. The third-order valence-corrected chi connectivity index (χ3v) is 6.04. The quantitative estimate of drug-likeness (QED) is 0.539. The van der Waals surface area contributed by atoms with E-state index >= 15 is 0 Å². The monoisotopic (exact) mass is 404 g/mol. The average Bonchev–Trinajstić information content (AvgIpc) is 3.51. The third-order valence-electron chi connectivity index (χ3n) is 5.15. The van der Waals surface area contributed by atoms with Gasteiger partial charge in [-0.25, -0.2) is 0 Å². The molecule has 6 nitrogen and oxygen atoms in total. The van der Waals surface area contributed by atoms with E-state index in [1.54, 1.807) is 17.5 Å². The maximum Gasteiger partial charge on any atom is 0.299 e. The number of thiophene rings is 1. The molecule has 29 heavy (non-hydrogen) atoms. The summed E-state index contributed by atoms with van der Waals surface area (Å²) in [7, 11) is 0. The van der Waals surface area contributed by atoms with Crippen molar-refractivity contribution in [2.75, 3.05) is 11.4 Å². The molecule has 0 unspecified atom stereocenters. The number of hydrogen-bond acceptors (Lipinski definition) is 6. The van der Waals surface area contributed by atoms with Crippen molar-refractivity contribution in [1.29, 1.82) is 0 Å². The van der Waals surface area contributed by atoms with Crippen LogP contribution in [0.15, 0.2) is 64.5 Å². The van der Waals surface area contributed by atoms with Crippen molar-refractivity contribution >= 4 is 34.4 Å². The zero-order valence-electron chi connectivity index (χ0n) is 15.7. The van der Waals surface area contributed by atoms with Crippen LogP contribution in [0.5, 0.6) is 0 Å². The Morgan fingerprint density at radius 1 is 1.24 bits per heavy atom. The molecule has 1 saturated heterocycles. The molecule has 0 bridgehead atoms. The highest BCUT2D eigenvalue weighted by Gasteiger charge is 2.33. The number of nitrogens with one attached hydrogen (secondary N) is 1. The SMILES string of the molecule is O=C(NCc1ccnc(-c2cccs2)c1)[C@H]1CCCN1c1nc2ccccc2o1. The predicted molar refractivity (Wildman–Crippen MR) is 114 cm³/mol. The molecule has 1 amide bonds. The minimum absolute atomic E-state index is 0.000702. The Bertz CT molecular complexity index is 1110. The van der Waals surface area contributed by atoms with Crippen LogP contribution in [0.1, 0.15) is 18.4 Å². The van der Waals surface area contributed by atoms with Crippen molar-refractivity contribution in [2.45, 2.75) is 25.4 Å². The van der Waals surface area contributed by atoms with Gasteiger partial charge in [-0.15, -0.1) is 11.3 Å². The zero-order chi connectivity index (χ0) is 19.6. The van der Waals surface area contributed by atoms with Gasteiger partial charge in [-0.3, -0.25) is 9.78 Å². The largest absolute Gasteiger partial charge is 0.423 e. The number of rotatable bonds is 5. The maximum atomic E-state index is 12.9. The van der Waals surface area contributed by atoms with Crippen molar-refractivity contribution in [3.63, 3.8) is 0 Å². The first-order chi connectivity index (χ1) is 14.3. The lowest BCUT2D eigenvalue weighted by atomic mass is 10.2. The molecule has 1 aromatic carbocycles. The van der Waals surface area contributed by atoms with Crippen molar-refractivity contribution in [1.82, 2.24) is 15.3 Å². The van der Waals surface area contributed by atoms with E-state index in [1.165, 1.54) is 0 Å². The number of para-hydroxylation sites is 2. The molecule has 5 rings (SSSR count). The maximum absolute atomic E-state index is 12.9. The summed E-state index contributed by atoms with van der Waals surface area (Å²) < 4.78 is 5.88. The molecule has 0 aliphatic carbocycles. The molecule has 4 aromatic rings. The topological polar surface area (TPSA) is 71.3 Å². The standard InChI is InChI=1S/C22H20N4O2S/c27-21(24-14-15-9-10-23-17(13-15)20-8-4-12-29-20)18-6-3-11-26(18)22-25-16-5-1-2-7-19(16)28-22/h1-2,4-5,7-10,12-13,18H,3,6,11,14H2,(H,24,27)/t18-/m1/s1. The average molecular weight is 404 g/mol. The summed E-state index contributed by atoms with van der Waals surface area (Å²) in [6.07, 6.45) is 3.52. The van der Waals surface area contributed by atoms with Crippen LogP contribution >= 0.6 is 11.3 Å². The fourth-order valence-corrected chi connectivity index (χ4v) is 4.39. The number of carbonyl (C=O) groups is 1. The first-order valence-electron chi connectivity index (χ1n) is 9.67. The molecule has 0 saturated carbocycles. The summed E-state index contributed by atoms with van der Waals surface area (Å²) in [6, 6.07) is 15.9. The number of pyridine rings is 1. The van der Waals surface area contributed by atoms with Crippen LogP contribution in [0.2, 0.25) is 0 Å². The number of benzene rings is 1. The summed E-state index contributed by atoms with van der Waals surface area (Å²) in [5.41, 5.74) is 3.52. The van der Waals surface area contributed by atoms with Gasteiger partial charge >= 0.3 is 0 Å². The fraction of sp³-hybridized carbons (Fsp3) is 0.227. The van der Waals surface area contributed by atoms with Crippen LogP contribution in [-0.2, 0) is 11.3 Å². The van der Waals surface area contributed by atoms with Gasteiger partial charge in [0.05, 0.1) is 10.6 Å². The number of nitrogens with zero attached hydrogens (tertiary/aromatic N) is 3. The molecule has 0 spiro atoms. The van der Waals surface area contributed by atoms with Crippen molar-refractivity contribution in [3.8, 4) is 10.6 Å². The first kappa shape index (κ1) is 17.9. The zero-order valence-corrected chi connectivity index (χ0v) is 16.6. The van der Waals surface area contributed by atoms with E-state index in [2.05, 4.69) is 15.3 Å². The highest BCUT2D eigenvalue weighted by molar-refractivity contribution is 7.13. The van der Waals surface area contributed by atoms with E-state index in [4.69, 9.17) is 4.42 Å². The smallest absolute Gasteiger partial charge is 0.299 e. The number of oxazole rings is 1. The van der Waals surface area contributed by atoms with Crippen LogP contribution in [0.25, 0.3) is 21.7 Å². The predicted octanol–water partition coefficient (Wildman–Crippen LogP) is 4.24. The Morgan fingerprint density at radius 3 is 3.03 bits per heavy atom. The molecule has 0 radical (unpaired) electrons. The fourth-order valence-electron chi connectivity index (χ4n) is 3.70. The van der Waals surface area contributed by atoms with Crippen LogP contribution in [-0.4, -0.2) is 28.5 Å². The van der Waals surface area contributed by atoms with Crippen LogP contribution in [0.3, 0.4) is 0 Å². The van der Waals surface area contributed by atoms with E-state index in [0.29, 0.717) is 12.6 Å². The van der Waals surface area contributed by atoms with Crippen LogP contribution in [0, 0.1) is 0 Å². The van der Waals surface area contributed by atoms with Gasteiger partial charge in [0.15, 0.2) is 5.58 Å². The first-order valence-corrected chi connectivity index (χ1v) is 10.5. The van der Waals surface area contributed by atoms with Gasteiger partial charge in [0.25, 0.3) is 6.01 Å². The second-order valence-corrected chi connectivity index (χ2v) is 8.01. The van der Waals surface area contributed by atoms with E-state index in [-0.39, 0.29) is 11.9 Å². The van der Waals surface area contributed by atoms with Gasteiger partial charge < -0.3 is 14.6 Å². The molecule has 1 aliphatic heterocycles. The van der Waals surface area contributed by atoms with Gasteiger partial charge in [-0.2, -0.15) is 4.98 Å². The summed E-state index contributed by atoms with van der Waals surface area (Å²) in [4.78, 5) is 25.0. The van der Waals surface area contributed by atoms with Gasteiger partial charge in [-0.1, -0.05) is 18.2 Å². The molecule has 3 aromatic heterocycles. The highest BCUT2D eigenvalue weighted by Crippen LogP contribution is 2.28. The summed E-state index contributed by atoms with van der Waals surface area (Å²) >= 11 is 1.66. The molecule has 1 atom stereocenters. The Kier molecular flexibility index (Phi) is 4.73. The number of anilines is 1. The molecule has 1 aliphatic rings. The number of carbonyl (C=O) groups excluding carboxylic acids is 1. The van der Waals surface area contributed by atoms with E-state index in [1.807, 2.05) is 58.8 Å². The normalized spacial score (nSPS) is 16.4. The van der Waals surface area contributed by atoms with Gasteiger partial charge in [0.2, 0.25) is 5.91 Å². The molecular weight excluding hydrogens is 384 g/mol. The van der Waals surface area contributed by atoms with E-state index < -0.39 is 0 Å². The number of fused-ring (bicyclic) bond motifs is 1. The number of amides is 1. The lowest BCUT2D eigenvalue weighted by Gasteiger charge is -2.22. The lowest BCUT2D eigenvalue weighted by Crippen LogP contribution is -2.43. The van der Waals surface area contributed by atoms with E-state index in [9.17, 15) is 4.79 Å². The van der Waals surface area contributed by atoms with Gasteiger partial charge in [-0.05, 0) is 54.1 Å². The summed E-state index contributed by atoms with van der Waals surface area (Å²) in [6.45, 7) is 1.24. The number of aromatic nitrogens is 2. The molecule has 1 fully saturated rings. The Morgan fingerprint density at radius 2 is 2.17 bits per heavy atom. The minimum Gasteiger partial charge on any atom is -0.423 e. The van der Waals surface area contributed by atoms with Crippen LogP contribution < -0.4 is 10.2 Å². The Balaban J connectivity index is 1.28. The van der Waals surface area contributed by atoms with Crippen molar-refractivity contribution in [3.05, 3.63) is 65.7 Å². The highest BCUT2D eigenvalue weighted by atomic mass is 32.1.